The summed E-state index contributed by atoms with van der Waals surface area (Å²) in [6.07, 6.45) is 6.47. The van der Waals surface area contributed by atoms with Crippen LogP contribution in [0.1, 0.15) is 44.5 Å². The van der Waals surface area contributed by atoms with E-state index in [0.717, 1.165) is 17.3 Å². The normalized spacial score (nSPS) is 19.7. The molecule has 174 valence electrons. The van der Waals surface area contributed by atoms with Crippen LogP contribution in [-0.2, 0) is 10.0 Å². The molecule has 1 aromatic heterocycles. The summed E-state index contributed by atoms with van der Waals surface area (Å²) < 4.78 is 39.5. The molecule has 1 aromatic carbocycles. The maximum atomic E-state index is 13.0. The van der Waals surface area contributed by atoms with Gasteiger partial charge in [-0.1, -0.05) is 0 Å². The Balaban J connectivity index is 1.40. The van der Waals surface area contributed by atoms with Gasteiger partial charge in [0.25, 0.3) is 0 Å². The standard InChI is InChI=1S/C22H29BrN4O4S/c1-16(21-24-15-20(23)22(25-21)31-18-5-3-4-6-18)26-11-13-27(14-12-26)32(28,29)19-9-7-17(30-2)8-10-19/h7-10,15-16,18H,3-6,11-14H2,1-2H3. The molecule has 10 heteroatoms. The number of nitrogens with zero attached hydrogens (tertiary/aromatic N) is 4. The van der Waals surface area contributed by atoms with Crippen LogP contribution in [-0.4, -0.2) is 67.0 Å². The maximum absolute atomic E-state index is 13.0. The minimum atomic E-state index is -3.53. The molecule has 1 atom stereocenters. The van der Waals surface area contributed by atoms with E-state index < -0.39 is 10.0 Å². The lowest BCUT2D eigenvalue weighted by molar-refractivity contribution is 0.139. The van der Waals surface area contributed by atoms with Gasteiger partial charge in [0.1, 0.15) is 17.7 Å². The summed E-state index contributed by atoms with van der Waals surface area (Å²) in [7, 11) is -1.97. The van der Waals surface area contributed by atoms with Crippen LogP contribution < -0.4 is 9.47 Å². The van der Waals surface area contributed by atoms with Gasteiger partial charge in [0.2, 0.25) is 15.9 Å². The Hall–Kier alpha value is -1.75. The first-order valence-electron chi connectivity index (χ1n) is 11.0. The molecule has 1 saturated carbocycles. The van der Waals surface area contributed by atoms with Gasteiger partial charge in [0, 0.05) is 32.4 Å². The first-order valence-corrected chi connectivity index (χ1v) is 13.2. The van der Waals surface area contributed by atoms with Crippen molar-refractivity contribution >= 4 is 26.0 Å². The number of aromatic nitrogens is 2. The van der Waals surface area contributed by atoms with Gasteiger partial charge >= 0.3 is 0 Å². The third-order valence-electron chi connectivity index (χ3n) is 6.20. The van der Waals surface area contributed by atoms with Crippen LogP contribution >= 0.6 is 15.9 Å². The molecule has 2 aromatic rings. The minimum absolute atomic E-state index is 0.0418. The van der Waals surface area contributed by atoms with Crippen LogP contribution in [0.4, 0.5) is 0 Å². The molecule has 1 aliphatic heterocycles. The molecular weight excluding hydrogens is 496 g/mol. The Morgan fingerprint density at radius 2 is 1.75 bits per heavy atom. The molecule has 32 heavy (non-hydrogen) atoms. The number of hydrogen-bond donors (Lipinski definition) is 0. The maximum Gasteiger partial charge on any atom is 0.243 e. The Bertz CT molecular complexity index is 1020. The summed E-state index contributed by atoms with van der Waals surface area (Å²) >= 11 is 3.50. The average molecular weight is 525 g/mol. The summed E-state index contributed by atoms with van der Waals surface area (Å²) in [5, 5.41) is 0. The number of ether oxygens (including phenoxy) is 2. The molecule has 0 N–H and O–H groups in total. The topological polar surface area (TPSA) is 84.9 Å². The zero-order valence-electron chi connectivity index (χ0n) is 18.4. The molecule has 2 fully saturated rings. The largest absolute Gasteiger partial charge is 0.497 e. The number of methoxy groups -OCH3 is 1. The quantitative estimate of drug-likeness (QED) is 0.546. The van der Waals surface area contributed by atoms with Gasteiger partial charge in [-0.25, -0.2) is 13.4 Å². The first kappa shape index (κ1) is 23.4. The van der Waals surface area contributed by atoms with Crippen LogP contribution in [0.25, 0.3) is 0 Å². The summed E-state index contributed by atoms with van der Waals surface area (Å²) in [4.78, 5) is 11.7. The predicted molar refractivity (Wildman–Crippen MR) is 124 cm³/mol. The van der Waals surface area contributed by atoms with Crippen molar-refractivity contribution in [1.29, 1.82) is 0 Å². The van der Waals surface area contributed by atoms with E-state index >= 15 is 0 Å². The van der Waals surface area contributed by atoms with Crippen LogP contribution in [0.15, 0.2) is 39.8 Å². The van der Waals surface area contributed by atoms with E-state index in [1.165, 1.54) is 17.1 Å². The molecule has 4 rings (SSSR count). The SMILES string of the molecule is COc1ccc(S(=O)(=O)N2CCN(C(C)c3ncc(Br)c(OC4CCCC4)n3)CC2)cc1. The van der Waals surface area contributed by atoms with E-state index in [1.807, 2.05) is 0 Å². The number of benzene rings is 1. The van der Waals surface area contributed by atoms with E-state index in [9.17, 15) is 8.42 Å². The summed E-state index contributed by atoms with van der Waals surface area (Å²) in [6, 6.07) is 6.47. The highest BCUT2D eigenvalue weighted by Gasteiger charge is 2.31. The third kappa shape index (κ3) is 5.08. The molecule has 0 amide bonds. The molecule has 8 nitrogen and oxygen atoms in total. The van der Waals surface area contributed by atoms with Crippen molar-refractivity contribution in [1.82, 2.24) is 19.2 Å². The van der Waals surface area contributed by atoms with Crippen molar-refractivity contribution in [2.75, 3.05) is 33.3 Å². The van der Waals surface area contributed by atoms with E-state index in [0.29, 0.717) is 43.6 Å². The molecule has 0 radical (unpaired) electrons. The van der Waals surface area contributed by atoms with Gasteiger partial charge < -0.3 is 9.47 Å². The molecular formula is C22H29BrN4O4S. The average Bonchev–Trinajstić information content (AvgIpc) is 3.33. The van der Waals surface area contributed by atoms with Crippen molar-refractivity contribution < 1.29 is 17.9 Å². The fourth-order valence-corrected chi connectivity index (χ4v) is 5.91. The van der Waals surface area contributed by atoms with Gasteiger partial charge in [-0.2, -0.15) is 9.29 Å². The lowest BCUT2D eigenvalue weighted by Crippen LogP contribution is -2.49. The highest BCUT2D eigenvalue weighted by molar-refractivity contribution is 9.10. The zero-order valence-corrected chi connectivity index (χ0v) is 20.8. The molecule has 1 unspecified atom stereocenters. The van der Waals surface area contributed by atoms with Gasteiger partial charge in [0.05, 0.1) is 22.5 Å². The van der Waals surface area contributed by atoms with Crippen molar-refractivity contribution in [3.63, 3.8) is 0 Å². The molecule has 2 heterocycles. The van der Waals surface area contributed by atoms with Crippen LogP contribution in [0.5, 0.6) is 11.6 Å². The second-order valence-corrected chi connectivity index (χ2v) is 11.0. The van der Waals surface area contributed by atoms with Gasteiger partial charge in [-0.05, 0) is 72.8 Å². The van der Waals surface area contributed by atoms with Gasteiger partial charge in [0.15, 0.2) is 0 Å². The second-order valence-electron chi connectivity index (χ2n) is 8.20. The first-order chi connectivity index (χ1) is 15.4. The molecule has 1 saturated heterocycles. The molecule has 2 aliphatic rings. The highest BCUT2D eigenvalue weighted by atomic mass is 79.9. The number of sulfonamides is 1. The van der Waals surface area contributed by atoms with E-state index in [1.54, 1.807) is 37.6 Å². The second kappa shape index (κ2) is 10.0. The predicted octanol–water partition coefficient (Wildman–Crippen LogP) is 3.64. The van der Waals surface area contributed by atoms with Crippen molar-refractivity contribution in [3.8, 4) is 11.6 Å². The van der Waals surface area contributed by atoms with Crippen LogP contribution in [0.3, 0.4) is 0 Å². The third-order valence-corrected chi connectivity index (χ3v) is 8.66. The van der Waals surface area contributed by atoms with Crippen molar-refractivity contribution in [2.24, 2.45) is 0 Å². The van der Waals surface area contributed by atoms with E-state index in [4.69, 9.17) is 9.47 Å². The monoisotopic (exact) mass is 524 g/mol. The molecule has 0 spiro atoms. The lowest BCUT2D eigenvalue weighted by Gasteiger charge is -2.36. The minimum Gasteiger partial charge on any atom is -0.497 e. The van der Waals surface area contributed by atoms with Crippen molar-refractivity contribution in [3.05, 3.63) is 40.8 Å². The van der Waals surface area contributed by atoms with Crippen LogP contribution in [0, 0.1) is 0 Å². The van der Waals surface area contributed by atoms with Gasteiger partial charge in [-0.3, -0.25) is 4.90 Å². The Morgan fingerprint density at radius 3 is 2.38 bits per heavy atom. The van der Waals surface area contributed by atoms with Crippen LogP contribution in [0.2, 0.25) is 0 Å². The summed E-state index contributed by atoms with van der Waals surface area (Å²) in [6.45, 7) is 4.10. The fourth-order valence-electron chi connectivity index (χ4n) is 4.20. The van der Waals surface area contributed by atoms with Crippen molar-refractivity contribution in [2.45, 2.75) is 49.6 Å². The smallest absolute Gasteiger partial charge is 0.243 e. The molecule has 1 aliphatic carbocycles. The van der Waals surface area contributed by atoms with Gasteiger partial charge in [-0.15, -0.1) is 0 Å². The fraction of sp³-hybridized carbons (Fsp3) is 0.545. The Labute approximate surface area is 198 Å². The summed E-state index contributed by atoms with van der Waals surface area (Å²) in [5.41, 5.74) is 0. The van der Waals surface area contributed by atoms with E-state index in [-0.39, 0.29) is 17.0 Å². The number of hydrogen-bond acceptors (Lipinski definition) is 7. The number of rotatable bonds is 7. The Kier molecular flexibility index (Phi) is 7.34. The molecule has 0 bridgehead atoms. The summed E-state index contributed by atoms with van der Waals surface area (Å²) in [5.74, 6) is 1.91. The highest BCUT2D eigenvalue weighted by Crippen LogP contribution is 2.30. The van der Waals surface area contributed by atoms with E-state index in [2.05, 4.69) is 37.7 Å². The number of halogens is 1. The Morgan fingerprint density at radius 1 is 1.09 bits per heavy atom. The number of piperazine rings is 1. The lowest BCUT2D eigenvalue weighted by atomic mass is 10.2. The zero-order chi connectivity index (χ0) is 22.7.